The molecule has 1 aromatic carbocycles. The Labute approximate surface area is 123 Å². The summed E-state index contributed by atoms with van der Waals surface area (Å²) in [4.78, 5) is 0. The molecule has 0 aliphatic heterocycles. The van der Waals surface area contributed by atoms with E-state index in [9.17, 15) is 0 Å². The maximum Gasteiger partial charge on any atom is 0.148 e. The van der Waals surface area contributed by atoms with Gasteiger partial charge >= 0.3 is 0 Å². The third kappa shape index (κ3) is 2.91. The maximum absolute atomic E-state index is 4.37. The van der Waals surface area contributed by atoms with Gasteiger partial charge in [0.05, 0.1) is 17.6 Å². The molecule has 106 valence electrons. The van der Waals surface area contributed by atoms with Crippen LogP contribution in [0.3, 0.4) is 0 Å². The zero-order chi connectivity index (χ0) is 14.5. The molecule has 0 unspecified atom stereocenters. The fourth-order valence-electron chi connectivity index (χ4n) is 2.09. The first-order chi connectivity index (χ1) is 10.4. The normalized spacial score (nSPS) is 10.5. The molecule has 0 aliphatic carbocycles. The van der Waals surface area contributed by atoms with Gasteiger partial charge in [-0.1, -0.05) is 25.1 Å². The lowest BCUT2D eigenvalue weighted by molar-refractivity contribution is 0.876. The topological polar surface area (TPSA) is 55.6 Å². The average Bonchev–Trinajstić information content (AvgIpc) is 3.04. The van der Waals surface area contributed by atoms with E-state index in [0.29, 0.717) is 0 Å². The molecule has 0 bridgehead atoms. The summed E-state index contributed by atoms with van der Waals surface area (Å²) in [7, 11) is 0. The Bertz CT molecular complexity index is 688. The summed E-state index contributed by atoms with van der Waals surface area (Å²) in [5.74, 6) is 0.798. The molecular formula is C16H17N5. The Morgan fingerprint density at radius 1 is 1.00 bits per heavy atom. The van der Waals surface area contributed by atoms with Crippen molar-refractivity contribution in [2.75, 3.05) is 11.9 Å². The summed E-state index contributed by atoms with van der Waals surface area (Å²) in [6.45, 7) is 3.02. The smallest absolute Gasteiger partial charge is 0.148 e. The number of para-hydroxylation sites is 1. The van der Waals surface area contributed by atoms with E-state index in [2.05, 4.69) is 27.5 Å². The first kappa shape index (κ1) is 13.3. The van der Waals surface area contributed by atoms with Gasteiger partial charge in [-0.05, 0) is 36.8 Å². The minimum atomic E-state index is 0.798. The number of aromatic nitrogens is 4. The van der Waals surface area contributed by atoms with Gasteiger partial charge in [0.1, 0.15) is 11.5 Å². The molecule has 0 atom stereocenters. The number of nitrogens with one attached hydrogen (secondary N) is 1. The molecule has 1 N–H and O–H groups in total. The predicted molar refractivity (Wildman–Crippen MR) is 83.4 cm³/mol. The molecule has 3 aromatic rings. The Hall–Kier alpha value is -2.69. The van der Waals surface area contributed by atoms with Crippen LogP contribution in [0.4, 0.5) is 5.82 Å². The second-order valence-electron chi connectivity index (χ2n) is 4.69. The van der Waals surface area contributed by atoms with Crippen LogP contribution >= 0.6 is 0 Å². The highest BCUT2D eigenvalue weighted by Gasteiger charge is 2.09. The van der Waals surface area contributed by atoms with Crippen LogP contribution in [0, 0.1) is 0 Å². The lowest BCUT2D eigenvalue weighted by Gasteiger charge is -2.07. The van der Waals surface area contributed by atoms with E-state index in [4.69, 9.17) is 0 Å². The van der Waals surface area contributed by atoms with Gasteiger partial charge in [-0.3, -0.25) is 0 Å². The molecule has 5 heteroatoms. The molecule has 0 fully saturated rings. The van der Waals surface area contributed by atoms with Crippen molar-refractivity contribution in [2.45, 2.75) is 13.3 Å². The van der Waals surface area contributed by atoms with E-state index < -0.39 is 0 Å². The molecule has 0 saturated carbocycles. The van der Waals surface area contributed by atoms with Crippen LogP contribution < -0.4 is 5.32 Å². The van der Waals surface area contributed by atoms with Crippen LogP contribution in [0.25, 0.3) is 17.1 Å². The molecular weight excluding hydrogens is 262 g/mol. The third-order valence-electron chi connectivity index (χ3n) is 3.13. The van der Waals surface area contributed by atoms with Gasteiger partial charge in [0.2, 0.25) is 0 Å². The van der Waals surface area contributed by atoms with Crippen molar-refractivity contribution in [3.63, 3.8) is 0 Å². The second kappa shape index (κ2) is 6.17. The van der Waals surface area contributed by atoms with E-state index in [-0.39, 0.29) is 0 Å². The minimum absolute atomic E-state index is 0.798. The van der Waals surface area contributed by atoms with Crippen molar-refractivity contribution < 1.29 is 0 Å². The second-order valence-corrected chi connectivity index (χ2v) is 4.69. The molecule has 0 radical (unpaired) electrons. The molecule has 2 aromatic heterocycles. The van der Waals surface area contributed by atoms with Crippen LogP contribution in [0.15, 0.2) is 54.7 Å². The summed E-state index contributed by atoms with van der Waals surface area (Å²) in [6, 6.07) is 15.8. The van der Waals surface area contributed by atoms with E-state index >= 15 is 0 Å². The largest absolute Gasteiger partial charge is 0.369 e. The fraction of sp³-hybridized carbons (Fsp3) is 0.188. The van der Waals surface area contributed by atoms with Gasteiger partial charge in [0.15, 0.2) is 0 Å². The number of nitrogens with zero attached hydrogens (tertiary/aromatic N) is 4. The number of hydrogen-bond donors (Lipinski definition) is 1. The summed E-state index contributed by atoms with van der Waals surface area (Å²) in [6.07, 6.45) is 2.83. The Kier molecular flexibility index (Phi) is 3.91. The van der Waals surface area contributed by atoms with Crippen molar-refractivity contribution in [3.8, 4) is 17.1 Å². The van der Waals surface area contributed by atoms with Crippen molar-refractivity contribution in [2.24, 2.45) is 0 Å². The van der Waals surface area contributed by atoms with Crippen molar-refractivity contribution in [1.82, 2.24) is 20.0 Å². The lowest BCUT2D eigenvalue weighted by Crippen LogP contribution is -2.04. The Morgan fingerprint density at radius 2 is 1.86 bits per heavy atom. The molecule has 0 saturated heterocycles. The van der Waals surface area contributed by atoms with Gasteiger partial charge in [-0.25, -0.2) is 4.68 Å². The summed E-state index contributed by atoms with van der Waals surface area (Å²) in [5, 5.41) is 16.1. The summed E-state index contributed by atoms with van der Waals surface area (Å²) >= 11 is 0. The Morgan fingerprint density at radius 3 is 2.57 bits per heavy atom. The molecule has 5 nitrogen and oxygen atoms in total. The molecule has 0 amide bonds. The average molecular weight is 279 g/mol. The summed E-state index contributed by atoms with van der Waals surface area (Å²) < 4.78 is 1.86. The lowest BCUT2D eigenvalue weighted by atomic mass is 10.2. The van der Waals surface area contributed by atoms with E-state index in [0.717, 1.165) is 35.9 Å². The third-order valence-corrected chi connectivity index (χ3v) is 3.13. The quantitative estimate of drug-likeness (QED) is 0.779. The highest BCUT2D eigenvalue weighted by molar-refractivity contribution is 5.58. The van der Waals surface area contributed by atoms with Crippen molar-refractivity contribution in [3.05, 3.63) is 54.7 Å². The summed E-state index contributed by atoms with van der Waals surface area (Å²) in [5.41, 5.74) is 2.74. The highest BCUT2D eigenvalue weighted by Crippen LogP contribution is 2.20. The van der Waals surface area contributed by atoms with E-state index in [1.54, 1.807) is 6.20 Å². The van der Waals surface area contributed by atoms with Crippen LogP contribution in [0.1, 0.15) is 13.3 Å². The van der Waals surface area contributed by atoms with Gasteiger partial charge in [-0.2, -0.15) is 5.10 Å². The Balaban J connectivity index is 1.90. The zero-order valence-corrected chi connectivity index (χ0v) is 11.9. The maximum atomic E-state index is 4.37. The van der Waals surface area contributed by atoms with Crippen LogP contribution in [-0.4, -0.2) is 26.5 Å². The predicted octanol–water partition coefficient (Wildman–Crippen LogP) is 3.15. The molecule has 0 aliphatic rings. The highest BCUT2D eigenvalue weighted by atomic mass is 15.3. The van der Waals surface area contributed by atoms with E-state index in [1.807, 2.05) is 53.2 Å². The van der Waals surface area contributed by atoms with Crippen LogP contribution in [0.2, 0.25) is 0 Å². The number of rotatable bonds is 5. The van der Waals surface area contributed by atoms with Crippen molar-refractivity contribution >= 4 is 5.82 Å². The number of anilines is 1. The van der Waals surface area contributed by atoms with Crippen molar-refractivity contribution in [1.29, 1.82) is 0 Å². The zero-order valence-electron chi connectivity index (χ0n) is 11.9. The van der Waals surface area contributed by atoms with Crippen LogP contribution in [0.5, 0.6) is 0 Å². The fourth-order valence-corrected chi connectivity index (χ4v) is 2.09. The van der Waals surface area contributed by atoms with E-state index in [1.165, 1.54) is 0 Å². The van der Waals surface area contributed by atoms with Gasteiger partial charge in [0, 0.05) is 6.54 Å². The van der Waals surface area contributed by atoms with Gasteiger partial charge in [0.25, 0.3) is 0 Å². The molecule has 2 heterocycles. The molecule has 21 heavy (non-hydrogen) atoms. The van der Waals surface area contributed by atoms with Gasteiger partial charge in [-0.15, -0.1) is 10.2 Å². The number of benzene rings is 1. The van der Waals surface area contributed by atoms with Gasteiger partial charge < -0.3 is 5.32 Å². The molecule has 0 spiro atoms. The standard InChI is InChI=1S/C16H17N5/c1-2-11-17-16-9-8-14(19-20-16)15-10-12-18-21(15)13-6-4-3-5-7-13/h3-10,12H,2,11H2,1H3,(H,17,20). The first-order valence-electron chi connectivity index (χ1n) is 7.06. The monoisotopic (exact) mass is 279 g/mol. The SMILES string of the molecule is CCCNc1ccc(-c2ccnn2-c2ccccc2)nn1. The first-order valence-corrected chi connectivity index (χ1v) is 7.06. The molecule has 3 rings (SSSR count). The van der Waals surface area contributed by atoms with Crippen LogP contribution in [-0.2, 0) is 0 Å². The minimum Gasteiger partial charge on any atom is -0.369 e. The number of hydrogen-bond acceptors (Lipinski definition) is 4.